The lowest BCUT2D eigenvalue weighted by atomic mass is 9.74. The number of nitrogens with two attached hydrogens (primary N) is 1. The van der Waals surface area contributed by atoms with Gasteiger partial charge in [-0.15, -0.1) is 0 Å². The first-order valence-electron chi connectivity index (χ1n) is 10.8. The molecule has 13 heteroatoms. The number of aliphatic imine (C=N–C) groups is 1. The number of ketones is 2. The van der Waals surface area contributed by atoms with E-state index in [0.717, 1.165) is 0 Å². The Morgan fingerprint density at radius 3 is 2.31 bits per heavy atom. The van der Waals surface area contributed by atoms with Crippen molar-refractivity contribution in [3.63, 3.8) is 0 Å². The summed E-state index contributed by atoms with van der Waals surface area (Å²) < 4.78 is 0. The molecule has 32 heavy (non-hydrogen) atoms. The number of amides is 1. The van der Waals surface area contributed by atoms with Gasteiger partial charge in [0.25, 0.3) is 5.96 Å². The van der Waals surface area contributed by atoms with Gasteiger partial charge in [0, 0.05) is 31.7 Å². The van der Waals surface area contributed by atoms with Gasteiger partial charge in [-0.1, -0.05) is 19.3 Å². The molecule has 6 N–H and O–H groups in total. The zero-order chi connectivity index (χ0) is 24.7. The summed E-state index contributed by atoms with van der Waals surface area (Å²) in [5.74, 6) is -2.39. The summed E-state index contributed by atoms with van der Waals surface area (Å²) in [6.07, 6.45) is 2.71. The van der Waals surface area contributed by atoms with Gasteiger partial charge in [0.05, 0.1) is 5.94 Å². The molecule has 0 aromatic heterocycles. The molecule has 0 saturated carbocycles. The van der Waals surface area contributed by atoms with E-state index in [-0.39, 0.29) is 49.3 Å². The fourth-order valence-corrected chi connectivity index (χ4v) is 3.13. The fraction of sp³-hybridized carbons (Fsp3) is 0.789. The molecule has 2 atom stereocenters. The number of unbranched alkanes of at least 4 members (excludes halogenated alkanes) is 1. The standard InChI is InChI=1S/C19H36BN5O7/c1-13(2)11-17(20(29)30)23-18(28)15(8-6-10-22-19(21)24-25(31)32)12-16(27)9-5-4-7-14(3)26/h13,15,17,29-30H,4-12H2,1-3H3,(H,23,28)(H3,21,22,24)/t15-,17+/m1/s1. The normalized spacial score (nSPS) is 13.4. The van der Waals surface area contributed by atoms with Crippen molar-refractivity contribution in [2.24, 2.45) is 22.6 Å². The van der Waals surface area contributed by atoms with Gasteiger partial charge in [0.2, 0.25) is 5.91 Å². The molecule has 0 aromatic carbocycles. The van der Waals surface area contributed by atoms with Crippen LogP contribution in [-0.4, -0.2) is 58.1 Å². The predicted molar refractivity (Wildman–Crippen MR) is 120 cm³/mol. The highest BCUT2D eigenvalue weighted by molar-refractivity contribution is 6.43. The molecule has 12 nitrogen and oxygen atoms in total. The number of Topliss-reactive ketones (excluding diaryl/α,β-unsaturated/α-hetero) is 2. The van der Waals surface area contributed by atoms with Crippen molar-refractivity contribution < 1.29 is 29.5 Å². The molecular weight excluding hydrogens is 421 g/mol. The molecule has 0 unspecified atom stereocenters. The van der Waals surface area contributed by atoms with Crippen LogP contribution in [0.5, 0.6) is 0 Å². The number of guanidine groups is 1. The van der Waals surface area contributed by atoms with Gasteiger partial charge in [0.1, 0.15) is 11.6 Å². The molecule has 0 spiro atoms. The van der Waals surface area contributed by atoms with Crippen LogP contribution in [0, 0.1) is 22.0 Å². The molecule has 0 aliphatic rings. The second-order valence-corrected chi connectivity index (χ2v) is 8.29. The summed E-state index contributed by atoms with van der Waals surface area (Å²) in [5.41, 5.74) is 7.07. The third kappa shape index (κ3) is 15.3. The van der Waals surface area contributed by atoms with E-state index in [4.69, 9.17) is 5.73 Å². The van der Waals surface area contributed by atoms with Crippen LogP contribution < -0.4 is 16.5 Å². The van der Waals surface area contributed by atoms with Gasteiger partial charge >= 0.3 is 7.12 Å². The predicted octanol–water partition coefficient (Wildman–Crippen LogP) is 0.130. The lowest BCUT2D eigenvalue weighted by Crippen LogP contribution is -2.49. The van der Waals surface area contributed by atoms with E-state index in [1.54, 1.807) is 5.43 Å². The Morgan fingerprint density at radius 1 is 1.16 bits per heavy atom. The number of nitro groups is 1. The third-order valence-electron chi connectivity index (χ3n) is 4.69. The van der Waals surface area contributed by atoms with Crippen LogP contribution in [0.2, 0.25) is 0 Å². The zero-order valence-corrected chi connectivity index (χ0v) is 19.1. The van der Waals surface area contributed by atoms with Crippen molar-refractivity contribution >= 4 is 30.6 Å². The van der Waals surface area contributed by atoms with Crippen LogP contribution in [0.1, 0.15) is 72.1 Å². The first kappa shape index (κ1) is 29.5. The maximum atomic E-state index is 12.8. The van der Waals surface area contributed by atoms with Gasteiger partial charge in [-0.2, -0.15) is 0 Å². The van der Waals surface area contributed by atoms with E-state index in [2.05, 4.69) is 10.3 Å². The lowest BCUT2D eigenvalue weighted by molar-refractivity contribution is -0.525. The van der Waals surface area contributed by atoms with Crippen LogP contribution in [0.3, 0.4) is 0 Å². The summed E-state index contributed by atoms with van der Waals surface area (Å²) in [5, 5.41) is 31.2. The quantitative estimate of drug-likeness (QED) is 0.0503. The highest BCUT2D eigenvalue weighted by Gasteiger charge is 2.29. The molecule has 0 aliphatic carbocycles. The topological polar surface area (TPSA) is 197 Å². The molecule has 1 amide bonds. The number of nitrogens with one attached hydrogen (secondary N) is 2. The Bertz CT molecular complexity index is 658. The van der Waals surface area contributed by atoms with Crippen molar-refractivity contribution in [2.45, 2.75) is 78.1 Å². The molecule has 0 heterocycles. The summed E-state index contributed by atoms with van der Waals surface area (Å²) in [6.45, 7) is 5.36. The van der Waals surface area contributed by atoms with E-state index in [1.165, 1.54) is 6.92 Å². The average molecular weight is 457 g/mol. The largest absolute Gasteiger partial charge is 0.475 e. The Balaban J connectivity index is 4.99. The SMILES string of the molecule is CC(=O)CCCCC(=O)C[C@@H](CCCN=C(N)N[N+](=O)[O-])C(=O)N[C@@H](CC(C)C)B(O)O. The minimum Gasteiger partial charge on any atom is -0.426 e. The minimum atomic E-state index is -1.73. The van der Waals surface area contributed by atoms with Crippen molar-refractivity contribution in [1.82, 2.24) is 10.7 Å². The van der Waals surface area contributed by atoms with Crippen molar-refractivity contribution in [3.8, 4) is 0 Å². The van der Waals surface area contributed by atoms with E-state index in [0.29, 0.717) is 32.1 Å². The van der Waals surface area contributed by atoms with Crippen molar-refractivity contribution in [1.29, 1.82) is 0 Å². The van der Waals surface area contributed by atoms with Gasteiger partial charge in [-0.25, -0.2) is 15.1 Å². The first-order chi connectivity index (χ1) is 14.9. The molecule has 0 saturated heterocycles. The van der Waals surface area contributed by atoms with Crippen molar-refractivity contribution in [2.75, 3.05) is 6.54 Å². The Morgan fingerprint density at radius 2 is 1.78 bits per heavy atom. The molecule has 0 bridgehead atoms. The van der Waals surface area contributed by atoms with E-state index in [1.807, 2.05) is 13.8 Å². The number of carbonyl (C=O) groups excluding carboxylic acids is 3. The maximum absolute atomic E-state index is 12.8. The molecule has 182 valence electrons. The number of nitrogens with zero attached hydrogens (tertiary/aromatic N) is 2. The molecular formula is C19H36BN5O7. The second-order valence-electron chi connectivity index (χ2n) is 8.29. The van der Waals surface area contributed by atoms with E-state index >= 15 is 0 Å². The van der Waals surface area contributed by atoms with Crippen LogP contribution >= 0.6 is 0 Å². The Kier molecular flexibility index (Phi) is 14.9. The van der Waals surface area contributed by atoms with E-state index < -0.39 is 29.9 Å². The highest BCUT2D eigenvalue weighted by atomic mass is 16.7. The van der Waals surface area contributed by atoms with Crippen LogP contribution in [0.15, 0.2) is 4.99 Å². The average Bonchev–Trinajstić information content (AvgIpc) is 2.65. The molecule has 0 aliphatic heterocycles. The van der Waals surface area contributed by atoms with Gasteiger partial charge in [-0.3, -0.25) is 9.59 Å². The summed E-state index contributed by atoms with van der Waals surface area (Å²) in [7, 11) is -1.73. The van der Waals surface area contributed by atoms with Crippen molar-refractivity contribution in [3.05, 3.63) is 10.1 Å². The summed E-state index contributed by atoms with van der Waals surface area (Å²) in [6, 6.07) is 0. The number of hydrogen-bond acceptors (Lipinski definition) is 8. The molecule has 0 aromatic rings. The number of hydrogen-bond donors (Lipinski definition) is 5. The highest BCUT2D eigenvalue weighted by Crippen LogP contribution is 2.17. The van der Waals surface area contributed by atoms with E-state index in [9.17, 15) is 34.5 Å². The van der Waals surface area contributed by atoms with Crippen LogP contribution in [0.4, 0.5) is 0 Å². The third-order valence-corrected chi connectivity index (χ3v) is 4.69. The van der Waals surface area contributed by atoms with Crippen LogP contribution in [-0.2, 0) is 14.4 Å². The smallest absolute Gasteiger partial charge is 0.426 e. The second kappa shape index (κ2) is 16.1. The van der Waals surface area contributed by atoms with Gasteiger partial charge in [-0.05, 0) is 44.9 Å². The zero-order valence-electron chi connectivity index (χ0n) is 19.1. The fourth-order valence-electron chi connectivity index (χ4n) is 3.13. The van der Waals surface area contributed by atoms with Crippen LogP contribution in [0.25, 0.3) is 0 Å². The van der Waals surface area contributed by atoms with Gasteiger partial charge in [0.15, 0.2) is 5.03 Å². The molecule has 0 rings (SSSR count). The summed E-state index contributed by atoms with van der Waals surface area (Å²) >= 11 is 0. The number of hydrazine groups is 1. The maximum Gasteiger partial charge on any atom is 0.475 e. The van der Waals surface area contributed by atoms with Gasteiger partial charge < -0.3 is 25.9 Å². The first-order valence-corrected chi connectivity index (χ1v) is 10.8. The molecule has 0 fully saturated rings. The monoisotopic (exact) mass is 457 g/mol. The summed E-state index contributed by atoms with van der Waals surface area (Å²) in [4.78, 5) is 50.3. The Labute approximate surface area is 188 Å². The number of rotatable bonds is 17. The Hall–Kier alpha value is -2.54. The number of carbonyl (C=O) groups is 3. The molecule has 0 radical (unpaired) electrons. The minimum absolute atomic E-state index is 0.0336. The lowest BCUT2D eigenvalue weighted by Gasteiger charge is -2.23.